The molecule has 2 N–H and O–H groups in total. The van der Waals surface area contributed by atoms with E-state index in [0.29, 0.717) is 12.8 Å². The molecule has 3 atom stereocenters. The summed E-state index contributed by atoms with van der Waals surface area (Å²) >= 11 is 0. The second kappa shape index (κ2) is 9.78. The zero-order valence-electron chi connectivity index (χ0n) is 14.0. The molecule has 0 amide bonds. The molecule has 0 spiro atoms. The summed E-state index contributed by atoms with van der Waals surface area (Å²) < 4.78 is 11.3. The Morgan fingerprint density at radius 2 is 1.62 bits per heavy atom. The van der Waals surface area contributed by atoms with Crippen molar-refractivity contribution in [1.29, 1.82) is 0 Å². The van der Waals surface area contributed by atoms with E-state index in [9.17, 15) is 10.2 Å². The van der Waals surface area contributed by atoms with Gasteiger partial charge < -0.3 is 19.7 Å². The van der Waals surface area contributed by atoms with Gasteiger partial charge in [-0.3, -0.25) is 0 Å². The minimum absolute atomic E-state index is 0.171. The van der Waals surface area contributed by atoms with Crippen LogP contribution in [0.4, 0.5) is 0 Å². The number of unbranched alkanes of at least 4 members (excludes halogenated alkanes) is 4. The highest BCUT2D eigenvalue weighted by molar-refractivity contribution is 4.84. The molecule has 4 heteroatoms. The van der Waals surface area contributed by atoms with Crippen LogP contribution in [0.3, 0.4) is 0 Å². The van der Waals surface area contributed by atoms with E-state index in [1.165, 1.54) is 25.7 Å². The standard InChI is InChI=1S/C17H34O4/c1-4-5-6-7-8-10-17(20-2,21-3)11-9-14-12-15(18)13-16(14)19/h14-16,18-19H,4-13H2,1-3H3/t14-,15-,16-/m1/s1. The third-order valence-electron chi connectivity index (χ3n) is 4.93. The first kappa shape index (κ1) is 18.9. The van der Waals surface area contributed by atoms with Gasteiger partial charge in [-0.15, -0.1) is 0 Å². The predicted molar refractivity (Wildman–Crippen MR) is 84.1 cm³/mol. The number of aliphatic hydroxyl groups is 2. The average molecular weight is 302 g/mol. The molecule has 1 saturated carbocycles. The largest absolute Gasteiger partial charge is 0.393 e. The van der Waals surface area contributed by atoms with Crippen LogP contribution in [0.2, 0.25) is 0 Å². The van der Waals surface area contributed by atoms with Gasteiger partial charge >= 0.3 is 0 Å². The molecule has 0 aliphatic heterocycles. The predicted octanol–water partition coefficient (Wildman–Crippen LogP) is 3.25. The van der Waals surface area contributed by atoms with Crippen molar-refractivity contribution in [3.05, 3.63) is 0 Å². The molecule has 1 aliphatic carbocycles. The number of rotatable bonds is 11. The molecule has 0 aromatic carbocycles. The first-order valence-electron chi connectivity index (χ1n) is 8.53. The van der Waals surface area contributed by atoms with Gasteiger partial charge in [0.15, 0.2) is 5.79 Å². The first-order valence-corrected chi connectivity index (χ1v) is 8.53. The van der Waals surface area contributed by atoms with Crippen molar-refractivity contribution in [2.75, 3.05) is 14.2 Å². The van der Waals surface area contributed by atoms with Crippen LogP contribution >= 0.6 is 0 Å². The number of hydrogen-bond donors (Lipinski definition) is 2. The number of aliphatic hydroxyl groups excluding tert-OH is 2. The summed E-state index contributed by atoms with van der Waals surface area (Å²) in [6.45, 7) is 2.22. The highest BCUT2D eigenvalue weighted by Gasteiger charge is 2.35. The van der Waals surface area contributed by atoms with Gasteiger partial charge in [0.05, 0.1) is 12.2 Å². The van der Waals surface area contributed by atoms with E-state index in [1.54, 1.807) is 14.2 Å². The van der Waals surface area contributed by atoms with E-state index in [2.05, 4.69) is 6.92 Å². The molecule has 21 heavy (non-hydrogen) atoms. The van der Waals surface area contributed by atoms with Crippen molar-refractivity contribution in [2.45, 2.75) is 89.1 Å². The van der Waals surface area contributed by atoms with Crippen LogP contribution in [0.25, 0.3) is 0 Å². The fraction of sp³-hybridized carbons (Fsp3) is 1.00. The molecule has 0 heterocycles. The second-order valence-corrected chi connectivity index (χ2v) is 6.47. The Bertz CT molecular complexity index is 266. The third-order valence-corrected chi connectivity index (χ3v) is 4.93. The quantitative estimate of drug-likeness (QED) is 0.454. The normalized spacial score (nSPS) is 26.4. The van der Waals surface area contributed by atoms with Crippen molar-refractivity contribution in [2.24, 2.45) is 5.92 Å². The minimum atomic E-state index is -0.528. The van der Waals surface area contributed by atoms with Gasteiger partial charge in [0.1, 0.15) is 0 Å². The van der Waals surface area contributed by atoms with Crippen LogP contribution in [0.5, 0.6) is 0 Å². The smallest absolute Gasteiger partial charge is 0.167 e. The lowest BCUT2D eigenvalue weighted by molar-refractivity contribution is -0.218. The fourth-order valence-corrected chi connectivity index (χ4v) is 3.40. The van der Waals surface area contributed by atoms with Crippen LogP contribution in [-0.2, 0) is 9.47 Å². The van der Waals surface area contributed by atoms with Crippen LogP contribution in [0, 0.1) is 5.92 Å². The summed E-state index contributed by atoms with van der Waals surface area (Å²) in [7, 11) is 3.41. The van der Waals surface area contributed by atoms with E-state index in [4.69, 9.17) is 9.47 Å². The lowest BCUT2D eigenvalue weighted by Gasteiger charge is -2.32. The van der Waals surface area contributed by atoms with Gasteiger partial charge in [-0.1, -0.05) is 32.6 Å². The number of hydrogen-bond acceptors (Lipinski definition) is 4. The van der Waals surface area contributed by atoms with E-state index in [1.807, 2.05) is 0 Å². The summed E-state index contributed by atoms with van der Waals surface area (Å²) in [6, 6.07) is 0. The Balaban J connectivity index is 2.36. The monoisotopic (exact) mass is 302 g/mol. The van der Waals surface area contributed by atoms with Crippen LogP contribution in [0.15, 0.2) is 0 Å². The topological polar surface area (TPSA) is 58.9 Å². The molecular formula is C17H34O4. The Kier molecular flexibility index (Phi) is 8.79. The van der Waals surface area contributed by atoms with Crippen molar-refractivity contribution < 1.29 is 19.7 Å². The lowest BCUT2D eigenvalue weighted by atomic mass is 9.93. The zero-order valence-corrected chi connectivity index (χ0v) is 14.0. The second-order valence-electron chi connectivity index (χ2n) is 6.47. The number of methoxy groups -OCH3 is 2. The summed E-state index contributed by atoms with van der Waals surface area (Å²) in [5, 5.41) is 19.5. The molecule has 0 bridgehead atoms. The van der Waals surface area contributed by atoms with Gasteiger partial charge in [0.2, 0.25) is 0 Å². The maximum Gasteiger partial charge on any atom is 0.167 e. The molecule has 1 fully saturated rings. The molecule has 0 aromatic heterocycles. The third kappa shape index (κ3) is 6.23. The van der Waals surface area contributed by atoms with Crippen molar-refractivity contribution in [1.82, 2.24) is 0 Å². The fourth-order valence-electron chi connectivity index (χ4n) is 3.40. The molecule has 1 aliphatic rings. The van der Waals surface area contributed by atoms with Crippen molar-refractivity contribution >= 4 is 0 Å². The Morgan fingerprint density at radius 1 is 0.952 bits per heavy atom. The van der Waals surface area contributed by atoms with E-state index in [-0.39, 0.29) is 18.1 Å². The minimum Gasteiger partial charge on any atom is -0.393 e. The summed E-state index contributed by atoms with van der Waals surface area (Å²) in [5.41, 5.74) is 0. The SMILES string of the molecule is CCCCCCCC(CC[C@@H]1C[C@@H](O)C[C@H]1O)(OC)OC. The molecule has 0 unspecified atom stereocenters. The molecule has 1 rings (SSSR count). The average Bonchev–Trinajstić information content (AvgIpc) is 2.80. The first-order chi connectivity index (χ1) is 10.1. The van der Waals surface area contributed by atoms with Crippen molar-refractivity contribution in [3.63, 3.8) is 0 Å². The summed E-state index contributed by atoms with van der Waals surface area (Å²) in [5.74, 6) is -0.357. The van der Waals surface area contributed by atoms with Gasteiger partial charge in [0, 0.05) is 27.1 Å². The molecule has 4 nitrogen and oxygen atoms in total. The van der Waals surface area contributed by atoms with Gasteiger partial charge in [-0.05, 0) is 31.6 Å². The zero-order chi connectivity index (χ0) is 15.7. The van der Waals surface area contributed by atoms with Gasteiger partial charge in [0.25, 0.3) is 0 Å². The molecular weight excluding hydrogens is 268 g/mol. The maximum atomic E-state index is 9.93. The van der Waals surface area contributed by atoms with E-state index >= 15 is 0 Å². The van der Waals surface area contributed by atoms with Gasteiger partial charge in [-0.2, -0.15) is 0 Å². The summed E-state index contributed by atoms with van der Waals surface area (Å²) in [4.78, 5) is 0. The van der Waals surface area contributed by atoms with Crippen LogP contribution in [-0.4, -0.2) is 42.4 Å². The Labute approximate surface area is 129 Å². The van der Waals surface area contributed by atoms with Crippen LogP contribution < -0.4 is 0 Å². The molecule has 126 valence electrons. The highest BCUT2D eigenvalue weighted by Crippen LogP contribution is 2.34. The maximum absolute atomic E-state index is 9.93. The van der Waals surface area contributed by atoms with Crippen LogP contribution in [0.1, 0.15) is 71.1 Å². The molecule has 0 radical (unpaired) electrons. The number of ether oxygens (including phenoxy) is 2. The van der Waals surface area contributed by atoms with E-state index < -0.39 is 5.79 Å². The molecule has 0 saturated heterocycles. The van der Waals surface area contributed by atoms with Gasteiger partial charge in [-0.25, -0.2) is 0 Å². The molecule has 0 aromatic rings. The van der Waals surface area contributed by atoms with Crippen molar-refractivity contribution in [3.8, 4) is 0 Å². The Hall–Kier alpha value is -0.160. The lowest BCUT2D eigenvalue weighted by Crippen LogP contribution is -2.35. The van der Waals surface area contributed by atoms with E-state index in [0.717, 1.165) is 25.7 Å². The highest BCUT2D eigenvalue weighted by atomic mass is 16.7. The summed E-state index contributed by atoms with van der Waals surface area (Å²) in [6.07, 6.45) is 9.13. The Morgan fingerprint density at radius 3 is 2.14 bits per heavy atom.